The summed E-state index contributed by atoms with van der Waals surface area (Å²) in [6.07, 6.45) is 2.37. The Morgan fingerprint density at radius 2 is 2.26 bits per heavy atom. The zero-order valence-corrected chi connectivity index (χ0v) is 12.5. The molecule has 0 aliphatic carbocycles. The summed E-state index contributed by atoms with van der Waals surface area (Å²) in [6, 6.07) is 2.52. The summed E-state index contributed by atoms with van der Waals surface area (Å²) in [5, 5.41) is 2.99. The van der Waals surface area contributed by atoms with Crippen LogP contribution in [-0.4, -0.2) is 28.0 Å². The fourth-order valence-electron chi connectivity index (χ4n) is 2.10. The normalized spacial score (nSPS) is 13.1. The van der Waals surface area contributed by atoms with Crippen molar-refractivity contribution in [3.05, 3.63) is 17.3 Å². The maximum Gasteiger partial charge on any atom is 0.152 e. The van der Waals surface area contributed by atoms with Crippen LogP contribution in [0.2, 0.25) is 0 Å². The SMILES string of the molecule is CCCC(C)N(C)Cc1nc(NN)c2ccsc2n1. The smallest absolute Gasteiger partial charge is 0.152 e. The van der Waals surface area contributed by atoms with Gasteiger partial charge in [-0.2, -0.15) is 0 Å². The van der Waals surface area contributed by atoms with Crippen LogP contribution in [0.5, 0.6) is 0 Å². The minimum Gasteiger partial charge on any atom is -0.308 e. The van der Waals surface area contributed by atoms with Gasteiger partial charge < -0.3 is 5.43 Å². The van der Waals surface area contributed by atoms with Crippen LogP contribution in [-0.2, 0) is 6.54 Å². The fourth-order valence-corrected chi connectivity index (χ4v) is 2.88. The second kappa shape index (κ2) is 6.27. The van der Waals surface area contributed by atoms with Gasteiger partial charge in [0.2, 0.25) is 0 Å². The molecule has 19 heavy (non-hydrogen) atoms. The highest BCUT2D eigenvalue weighted by atomic mass is 32.1. The third kappa shape index (κ3) is 3.20. The molecule has 2 heterocycles. The van der Waals surface area contributed by atoms with Crippen molar-refractivity contribution in [2.75, 3.05) is 12.5 Å². The third-order valence-electron chi connectivity index (χ3n) is 3.36. The Labute approximate surface area is 117 Å². The van der Waals surface area contributed by atoms with Crippen molar-refractivity contribution < 1.29 is 0 Å². The first-order valence-electron chi connectivity index (χ1n) is 6.56. The number of nitrogen functional groups attached to an aromatic ring is 1. The molecule has 3 N–H and O–H groups in total. The fraction of sp³-hybridized carbons (Fsp3) is 0.538. The number of hydrogen-bond donors (Lipinski definition) is 2. The largest absolute Gasteiger partial charge is 0.308 e. The van der Waals surface area contributed by atoms with Crippen molar-refractivity contribution >= 4 is 27.4 Å². The molecule has 0 aliphatic rings. The molecule has 2 rings (SSSR count). The molecule has 2 aromatic heterocycles. The number of nitrogens with zero attached hydrogens (tertiary/aromatic N) is 3. The van der Waals surface area contributed by atoms with E-state index in [1.165, 1.54) is 12.8 Å². The van der Waals surface area contributed by atoms with Gasteiger partial charge >= 0.3 is 0 Å². The van der Waals surface area contributed by atoms with Gasteiger partial charge in [0.1, 0.15) is 10.7 Å². The molecule has 0 bridgehead atoms. The second-order valence-corrected chi connectivity index (χ2v) is 5.72. The number of hydrazine groups is 1. The Morgan fingerprint density at radius 3 is 2.95 bits per heavy atom. The highest BCUT2D eigenvalue weighted by Crippen LogP contribution is 2.24. The Morgan fingerprint density at radius 1 is 1.47 bits per heavy atom. The quantitative estimate of drug-likeness (QED) is 0.628. The van der Waals surface area contributed by atoms with Gasteiger partial charge in [0, 0.05) is 6.04 Å². The first-order valence-corrected chi connectivity index (χ1v) is 7.44. The third-order valence-corrected chi connectivity index (χ3v) is 4.16. The molecular formula is C13H21N5S. The van der Waals surface area contributed by atoms with E-state index in [0.717, 1.165) is 22.6 Å². The van der Waals surface area contributed by atoms with Crippen molar-refractivity contribution in [3.8, 4) is 0 Å². The Hall–Kier alpha value is -1.24. The molecule has 0 saturated heterocycles. The molecule has 0 aliphatic heterocycles. The van der Waals surface area contributed by atoms with Gasteiger partial charge in [0.15, 0.2) is 5.82 Å². The van der Waals surface area contributed by atoms with Crippen LogP contribution in [0.1, 0.15) is 32.5 Å². The first kappa shape index (κ1) is 14.2. The highest BCUT2D eigenvalue weighted by Gasteiger charge is 2.13. The minimum absolute atomic E-state index is 0.530. The zero-order valence-electron chi connectivity index (χ0n) is 11.7. The molecule has 0 saturated carbocycles. The molecule has 0 spiro atoms. The summed E-state index contributed by atoms with van der Waals surface area (Å²) in [6.45, 7) is 5.17. The van der Waals surface area contributed by atoms with Crippen LogP contribution in [0.3, 0.4) is 0 Å². The first-order chi connectivity index (χ1) is 9.15. The average molecular weight is 279 g/mol. The molecule has 0 aromatic carbocycles. The van der Waals surface area contributed by atoms with E-state index in [4.69, 9.17) is 5.84 Å². The van der Waals surface area contributed by atoms with Crippen LogP contribution in [0.15, 0.2) is 11.4 Å². The van der Waals surface area contributed by atoms with E-state index in [1.54, 1.807) is 11.3 Å². The number of hydrogen-bond acceptors (Lipinski definition) is 6. The lowest BCUT2D eigenvalue weighted by Gasteiger charge is -2.23. The topological polar surface area (TPSA) is 67.1 Å². The van der Waals surface area contributed by atoms with Crippen molar-refractivity contribution in [3.63, 3.8) is 0 Å². The minimum atomic E-state index is 0.530. The molecule has 1 atom stereocenters. The summed E-state index contributed by atoms with van der Waals surface area (Å²) in [5.41, 5.74) is 2.66. The van der Waals surface area contributed by atoms with E-state index in [0.29, 0.717) is 11.9 Å². The molecule has 6 heteroatoms. The molecular weight excluding hydrogens is 258 g/mol. The average Bonchev–Trinajstić information content (AvgIpc) is 2.86. The van der Waals surface area contributed by atoms with Crippen molar-refractivity contribution in [1.82, 2.24) is 14.9 Å². The Bertz CT molecular complexity index is 539. The molecule has 1 unspecified atom stereocenters. The number of nitrogens with two attached hydrogens (primary N) is 1. The van der Waals surface area contributed by atoms with Crippen molar-refractivity contribution in [1.29, 1.82) is 0 Å². The molecule has 2 aromatic rings. The predicted molar refractivity (Wildman–Crippen MR) is 81.1 cm³/mol. The van der Waals surface area contributed by atoms with E-state index in [-0.39, 0.29) is 0 Å². The van der Waals surface area contributed by atoms with E-state index in [1.807, 2.05) is 11.4 Å². The van der Waals surface area contributed by atoms with Gasteiger partial charge in [-0.15, -0.1) is 11.3 Å². The molecule has 5 nitrogen and oxygen atoms in total. The van der Waals surface area contributed by atoms with Crippen LogP contribution in [0, 0.1) is 0 Å². The molecule has 0 fully saturated rings. The lowest BCUT2D eigenvalue weighted by molar-refractivity contribution is 0.231. The van der Waals surface area contributed by atoms with Gasteiger partial charge in [-0.3, -0.25) is 4.90 Å². The van der Waals surface area contributed by atoms with Gasteiger partial charge in [-0.25, -0.2) is 15.8 Å². The van der Waals surface area contributed by atoms with Crippen LogP contribution < -0.4 is 11.3 Å². The van der Waals surface area contributed by atoms with Crippen molar-refractivity contribution in [2.24, 2.45) is 5.84 Å². The summed E-state index contributed by atoms with van der Waals surface area (Å²) in [4.78, 5) is 12.3. The highest BCUT2D eigenvalue weighted by molar-refractivity contribution is 7.16. The van der Waals surface area contributed by atoms with Crippen LogP contribution >= 0.6 is 11.3 Å². The second-order valence-electron chi connectivity index (χ2n) is 4.83. The standard InChI is InChI=1S/C13H21N5S/c1-4-5-9(2)18(3)8-11-15-12(17-14)10-6-7-19-13(10)16-11/h6-7,9H,4-5,8,14H2,1-3H3,(H,15,16,17). The maximum absolute atomic E-state index is 5.53. The number of fused-ring (bicyclic) bond motifs is 1. The number of aromatic nitrogens is 2. The van der Waals surface area contributed by atoms with Gasteiger partial charge in [0.05, 0.1) is 11.9 Å². The summed E-state index contributed by atoms with van der Waals surface area (Å²) in [5.74, 6) is 7.05. The van der Waals surface area contributed by atoms with Crippen molar-refractivity contribution in [2.45, 2.75) is 39.3 Å². The predicted octanol–water partition coefficient (Wildman–Crippen LogP) is 2.60. The summed E-state index contributed by atoms with van der Waals surface area (Å²) >= 11 is 1.61. The van der Waals surface area contributed by atoms with Gasteiger partial charge in [0.25, 0.3) is 0 Å². The van der Waals surface area contributed by atoms with E-state index in [9.17, 15) is 0 Å². The maximum atomic E-state index is 5.53. The van der Waals surface area contributed by atoms with E-state index >= 15 is 0 Å². The van der Waals surface area contributed by atoms with Gasteiger partial charge in [-0.1, -0.05) is 13.3 Å². The molecule has 0 amide bonds. The number of anilines is 1. The van der Waals surface area contributed by atoms with E-state index in [2.05, 4.69) is 41.2 Å². The molecule has 104 valence electrons. The van der Waals surface area contributed by atoms with E-state index < -0.39 is 0 Å². The monoisotopic (exact) mass is 279 g/mol. The lowest BCUT2D eigenvalue weighted by atomic mass is 10.2. The lowest BCUT2D eigenvalue weighted by Crippen LogP contribution is -2.29. The van der Waals surface area contributed by atoms with Gasteiger partial charge in [-0.05, 0) is 31.8 Å². The molecule has 0 radical (unpaired) electrons. The summed E-state index contributed by atoms with van der Waals surface area (Å²) in [7, 11) is 2.11. The zero-order chi connectivity index (χ0) is 13.8. The summed E-state index contributed by atoms with van der Waals surface area (Å²) < 4.78 is 0. The Kier molecular flexibility index (Phi) is 4.68. The van der Waals surface area contributed by atoms with Crippen LogP contribution in [0.4, 0.5) is 5.82 Å². The Balaban J connectivity index is 2.20. The number of rotatable bonds is 6. The number of nitrogens with one attached hydrogen (secondary N) is 1. The number of thiophene rings is 1. The van der Waals surface area contributed by atoms with Crippen LogP contribution in [0.25, 0.3) is 10.2 Å².